The van der Waals surface area contributed by atoms with Crippen LogP contribution in [0.3, 0.4) is 0 Å². The highest BCUT2D eigenvalue weighted by molar-refractivity contribution is 5.76. The van der Waals surface area contributed by atoms with Crippen molar-refractivity contribution in [1.82, 2.24) is 5.32 Å². The van der Waals surface area contributed by atoms with Crippen molar-refractivity contribution in [1.29, 1.82) is 0 Å². The first-order valence-electron chi connectivity index (χ1n) is 4.69. The third-order valence-electron chi connectivity index (χ3n) is 2.26. The van der Waals surface area contributed by atoms with Crippen LogP contribution in [0.1, 0.15) is 25.7 Å². The van der Waals surface area contributed by atoms with Gasteiger partial charge in [0.25, 0.3) is 0 Å². The molecule has 0 aromatic carbocycles. The lowest BCUT2D eigenvalue weighted by Crippen LogP contribution is -2.38. The second-order valence-corrected chi connectivity index (χ2v) is 3.51. The molecule has 0 spiro atoms. The molecule has 1 rings (SSSR count). The van der Waals surface area contributed by atoms with Crippen molar-refractivity contribution in [2.75, 3.05) is 6.54 Å². The van der Waals surface area contributed by atoms with E-state index in [0.717, 1.165) is 0 Å². The summed E-state index contributed by atoms with van der Waals surface area (Å²) in [7, 11) is 0. The minimum absolute atomic E-state index is 0.00838. The molecule has 3 N–H and O–H groups in total. The molecule has 0 aromatic rings. The minimum atomic E-state index is 0.00838. The summed E-state index contributed by atoms with van der Waals surface area (Å²) in [5.74, 6) is 3.07. The van der Waals surface area contributed by atoms with E-state index >= 15 is 0 Å². The Morgan fingerprint density at radius 1 is 1.69 bits per heavy atom. The number of rotatable bonds is 5. The first-order valence-corrected chi connectivity index (χ1v) is 4.69. The fourth-order valence-corrected chi connectivity index (χ4v) is 1.20. The maximum absolute atomic E-state index is 11.1. The van der Waals surface area contributed by atoms with Crippen LogP contribution in [-0.4, -0.2) is 18.5 Å². The van der Waals surface area contributed by atoms with Gasteiger partial charge >= 0.3 is 0 Å². The normalized spacial score (nSPS) is 17.5. The molecule has 1 saturated carbocycles. The predicted octanol–water partition coefficient (Wildman–Crippen LogP) is 0.253. The van der Waals surface area contributed by atoms with Crippen molar-refractivity contribution in [2.24, 2.45) is 11.7 Å². The van der Waals surface area contributed by atoms with Gasteiger partial charge in [0.1, 0.15) is 0 Å². The molecule has 1 atom stereocenters. The van der Waals surface area contributed by atoms with Crippen LogP contribution in [0.5, 0.6) is 0 Å². The molecule has 0 saturated heterocycles. The van der Waals surface area contributed by atoms with Crippen molar-refractivity contribution in [3.8, 4) is 12.3 Å². The molecule has 0 heterocycles. The van der Waals surface area contributed by atoms with Gasteiger partial charge in [0, 0.05) is 25.4 Å². The molecule has 1 amide bonds. The highest BCUT2D eigenvalue weighted by Gasteiger charge is 2.28. The highest BCUT2D eigenvalue weighted by Crippen LogP contribution is 2.31. The van der Waals surface area contributed by atoms with Crippen molar-refractivity contribution in [3.05, 3.63) is 0 Å². The van der Waals surface area contributed by atoms with Gasteiger partial charge in [-0.1, -0.05) is 0 Å². The lowest BCUT2D eigenvalue weighted by Gasteiger charge is -2.10. The molecule has 3 heteroatoms. The van der Waals surface area contributed by atoms with Crippen molar-refractivity contribution >= 4 is 5.91 Å². The Labute approximate surface area is 79.1 Å². The molecule has 1 fully saturated rings. The van der Waals surface area contributed by atoms with Crippen LogP contribution in [0.2, 0.25) is 0 Å². The molecule has 3 nitrogen and oxygen atoms in total. The number of carbonyl (C=O) groups is 1. The van der Waals surface area contributed by atoms with E-state index in [9.17, 15) is 4.79 Å². The van der Waals surface area contributed by atoms with Crippen LogP contribution in [0.15, 0.2) is 0 Å². The van der Waals surface area contributed by atoms with Crippen molar-refractivity contribution < 1.29 is 4.79 Å². The summed E-state index contributed by atoms with van der Waals surface area (Å²) in [4.78, 5) is 11.1. The summed E-state index contributed by atoms with van der Waals surface area (Å²) >= 11 is 0. The first-order chi connectivity index (χ1) is 6.24. The highest BCUT2D eigenvalue weighted by atomic mass is 16.1. The summed E-state index contributed by atoms with van der Waals surface area (Å²) in [6.45, 7) is 0.591. The molecule has 0 bridgehead atoms. The second-order valence-electron chi connectivity index (χ2n) is 3.51. The maximum atomic E-state index is 11.1. The van der Waals surface area contributed by atoms with Gasteiger partial charge < -0.3 is 11.1 Å². The van der Waals surface area contributed by atoms with E-state index in [4.69, 9.17) is 12.2 Å². The monoisotopic (exact) mass is 180 g/mol. The smallest absolute Gasteiger partial charge is 0.221 e. The van der Waals surface area contributed by atoms with E-state index in [2.05, 4.69) is 11.2 Å². The van der Waals surface area contributed by atoms with Gasteiger partial charge in [0.2, 0.25) is 5.91 Å². The summed E-state index contributed by atoms with van der Waals surface area (Å²) in [5.41, 5.74) is 5.80. The Hall–Kier alpha value is -1.01. The molecule has 72 valence electrons. The van der Waals surface area contributed by atoms with Crippen LogP contribution in [-0.2, 0) is 4.79 Å². The summed E-state index contributed by atoms with van der Waals surface area (Å²) < 4.78 is 0. The van der Waals surface area contributed by atoms with Crippen molar-refractivity contribution in [3.63, 3.8) is 0 Å². The number of terminal acetylenes is 1. The number of hydrogen-bond donors (Lipinski definition) is 2. The van der Waals surface area contributed by atoms with E-state index in [0.29, 0.717) is 25.3 Å². The molecule has 1 unspecified atom stereocenters. The summed E-state index contributed by atoms with van der Waals surface area (Å²) in [6.07, 6.45) is 8.37. The predicted molar refractivity (Wildman–Crippen MR) is 51.8 cm³/mol. The Bertz CT molecular complexity index is 215. The Morgan fingerprint density at radius 3 is 2.92 bits per heavy atom. The molecule has 1 aliphatic rings. The van der Waals surface area contributed by atoms with Gasteiger partial charge in [-0.05, 0) is 18.8 Å². The maximum Gasteiger partial charge on any atom is 0.221 e. The zero-order chi connectivity index (χ0) is 9.68. The minimum Gasteiger partial charge on any atom is -0.355 e. The molecular formula is C10H16N2O. The lowest BCUT2D eigenvalue weighted by molar-refractivity contribution is -0.121. The third kappa shape index (κ3) is 3.95. The molecule has 0 aliphatic heterocycles. The average molecular weight is 180 g/mol. The fourth-order valence-electron chi connectivity index (χ4n) is 1.20. The van der Waals surface area contributed by atoms with Crippen LogP contribution >= 0.6 is 0 Å². The van der Waals surface area contributed by atoms with Gasteiger partial charge in [-0.3, -0.25) is 4.79 Å². The zero-order valence-corrected chi connectivity index (χ0v) is 7.75. The standard InChI is InChI=1S/C10H16N2O/c1-2-3-4-10(13)12-7-9(11)8-5-6-8/h1,8-9H,3-7,11H2,(H,12,13). The van der Waals surface area contributed by atoms with Gasteiger partial charge in [-0.15, -0.1) is 12.3 Å². The van der Waals surface area contributed by atoms with Crippen LogP contribution in [0.25, 0.3) is 0 Å². The number of nitrogens with one attached hydrogen (secondary N) is 1. The topological polar surface area (TPSA) is 55.1 Å². The van der Waals surface area contributed by atoms with Gasteiger partial charge in [0.05, 0.1) is 0 Å². The van der Waals surface area contributed by atoms with Crippen LogP contribution in [0, 0.1) is 18.3 Å². The summed E-state index contributed by atoms with van der Waals surface area (Å²) in [6, 6.07) is 0.134. The van der Waals surface area contributed by atoms with E-state index < -0.39 is 0 Å². The Morgan fingerprint density at radius 2 is 2.38 bits per heavy atom. The number of carbonyl (C=O) groups excluding carboxylic acids is 1. The SMILES string of the molecule is C#CCCC(=O)NCC(N)C1CC1. The largest absolute Gasteiger partial charge is 0.355 e. The Balaban J connectivity index is 2.04. The van der Waals surface area contributed by atoms with Gasteiger partial charge in [-0.25, -0.2) is 0 Å². The van der Waals surface area contributed by atoms with E-state index in [1.54, 1.807) is 0 Å². The lowest BCUT2D eigenvalue weighted by atomic mass is 10.2. The average Bonchev–Trinajstić information content (AvgIpc) is 2.93. The number of hydrogen-bond acceptors (Lipinski definition) is 2. The van der Waals surface area contributed by atoms with Gasteiger partial charge in [0.15, 0.2) is 0 Å². The van der Waals surface area contributed by atoms with Crippen LogP contribution in [0.4, 0.5) is 0 Å². The van der Waals surface area contributed by atoms with E-state index in [-0.39, 0.29) is 11.9 Å². The van der Waals surface area contributed by atoms with Crippen molar-refractivity contribution in [2.45, 2.75) is 31.7 Å². The fraction of sp³-hybridized carbons (Fsp3) is 0.700. The number of amides is 1. The number of nitrogens with two attached hydrogens (primary N) is 1. The van der Waals surface area contributed by atoms with E-state index in [1.165, 1.54) is 12.8 Å². The first kappa shape index (κ1) is 10.1. The quantitative estimate of drug-likeness (QED) is 0.596. The van der Waals surface area contributed by atoms with Gasteiger partial charge in [-0.2, -0.15) is 0 Å². The zero-order valence-electron chi connectivity index (χ0n) is 7.75. The molecule has 13 heavy (non-hydrogen) atoms. The third-order valence-corrected chi connectivity index (χ3v) is 2.26. The molecule has 0 aromatic heterocycles. The Kier molecular flexibility index (Phi) is 3.78. The molecule has 0 radical (unpaired) electrons. The molecule has 1 aliphatic carbocycles. The second kappa shape index (κ2) is 4.88. The molecular weight excluding hydrogens is 164 g/mol. The summed E-state index contributed by atoms with van der Waals surface area (Å²) in [5, 5.41) is 2.78. The van der Waals surface area contributed by atoms with E-state index in [1.807, 2.05) is 0 Å². The van der Waals surface area contributed by atoms with Crippen LogP contribution < -0.4 is 11.1 Å².